The summed E-state index contributed by atoms with van der Waals surface area (Å²) >= 11 is 0. The van der Waals surface area contributed by atoms with Gasteiger partial charge in [-0.25, -0.2) is 4.98 Å². The number of aryl methyl sites for hydroxylation is 1. The van der Waals surface area contributed by atoms with E-state index < -0.39 is 0 Å². The highest BCUT2D eigenvalue weighted by molar-refractivity contribution is 5.34. The fourth-order valence-corrected chi connectivity index (χ4v) is 2.24. The van der Waals surface area contributed by atoms with E-state index in [0.717, 1.165) is 19.0 Å². The Kier molecular flexibility index (Phi) is 2.46. The van der Waals surface area contributed by atoms with Gasteiger partial charge in [-0.2, -0.15) is 0 Å². The first-order valence-electron chi connectivity index (χ1n) is 5.18. The Morgan fingerprint density at radius 1 is 1.64 bits per heavy atom. The zero-order chi connectivity index (χ0) is 10.1. The van der Waals surface area contributed by atoms with E-state index in [1.807, 2.05) is 19.4 Å². The van der Waals surface area contributed by atoms with Gasteiger partial charge < -0.3 is 15.2 Å². The minimum atomic E-state index is 0.515. The monoisotopic (exact) mass is 194 g/mol. The number of imidazole rings is 1. The van der Waals surface area contributed by atoms with Crippen LogP contribution in [0.5, 0.6) is 0 Å². The van der Waals surface area contributed by atoms with Gasteiger partial charge in [-0.05, 0) is 25.8 Å². The summed E-state index contributed by atoms with van der Waals surface area (Å²) in [5.41, 5.74) is 5.72. The third-order valence-electron chi connectivity index (χ3n) is 3.27. The molecule has 2 N–H and O–H groups in total. The van der Waals surface area contributed by atoms with Crippen LogP contribution in [-0.2, 0) is 7.05 Å². The maximum absolute atomic E-state index is 5.72. The van der Waals surface area contributed by atoms with Gasteiger partial charge in [0.25, 0.3) is 0 Å². The smallest absolute Gasteiger partial charge is 0.205 e. The van der Waals surface area contributed by atoms with Crippen LogP contribution in [0, 0.1) is 5.92 Å². The first kappa shape index (κ1) is 9.52. The van der Waals surface area contributed by atoms with Gasteiger partial charge >= 0.3 is 0 Å². The molecular weight excluding hydrogens is 176 g/mol. The van der Waals surface area contributed by atoms with Gasteiger partial charge in [0.15, 0.2) is 0 Å². The van der Waals surface area contributed by atoms with Gasteiger partial charge in [0, 0.05) is 32.0 Å². The van der Waals surface area contributed by atoms with Crippen LogP contribution in [0.25, 0.3) is 0 Å². The molecule has 1 saturated heterocycles. The second kappa shape index (κ2) is 3.61. The average molecular weight is 194 g/mol. The SMILES string of the molecule is CC1C(CN)CCN1c1nccn1C. The molecule has 0 aromatic carbocycles. The van der Waals surface area contributed by atoms with E-state index in [9.17, 15) is 0 Å². The Labute approximate surface area is 84.7 Å². The summed E-state index contributed by atoms with van der Waals surface area (Å²) in [6, 6.07) is 0.515. The summed E-state index contributed by atoms with van der Waals surface area (Å²) in [6.07, 6.45) is 5.01. The molecule has 4 nitrogen and oxygen atoms in total. The highest BCUT2D eigenvalue weighted by Crippen LogP contribution is 2.27. The van der Waals surface area contributed by atoms with Crippen LogP contribution in [0.1, 0.15) is 13.3 Å². The lowest BCUT2D eigenvalue weighted by Crippen LogP contribution is -2.34. The van der Waals surface area contributed by atoms with Crippen molar-refractivity contribution in [1.29, 1.82) is 0 Å². The molecule has 0 bridgehead atoms. The Morgan fingerprint density at radius 2 is 2.43 bits per heavy atom. The number of rotatable bonds is 2. The molecule has 78 valence electrons. The number of nitrogens with zero attached hydrogens (tertiary/aromatic N) is 3. The quantitative estimate of drug-likeness (QED) is 0.749. The van der Waals surface area contributed by atoms with Crippen LogP contribution in [0.2, 0.25) is 0 Å². The van der Waals surface area contributed by atoms with E-state index in [1.54, 1.807) is 0 Å². The first-order valence-corrected chi connectivity index (χ1v) is 5.18. The molecule has 2 atom stereocenters. The molecule has 0 radical (unpaired) electrons. The third kappa shape index (κ3) is 1.39. The minimum absolute atomic E-state index is 0.515. The van der Waals surface area contributed by atoms with Crippen molar-refractivity contribution >= 4 is 5.95 Å². The van der Waals surface area contributed by atoms with Gasteiger partial charge in [-0.1, -0.05) is 0 Å². The number of hydrogen-bond donors (Lipinski definition) is 1. The van der Waals surface area contributed by atoms with E-state index >= 15 is 0 Å². The molecule has 14 heavy (non-hydrogen) atoms. The van der Waals surface area contributed by atoms with Crippen molar-refractivity contribution in [2.24, 2.45) is 18.7 Å². The topological polar surface area (TPSA) is 47.1 Å². The number of nitrogens with two attached hydrogens (primary N) is 1. The highest BCUT2D eigenvalue weighted by atomic mass is 15.3. The molecule has 1 aliphatic heterocycles. The van der Waals surface area contributed by atoms with Crippen LogP contribution in [0.4, 0.5) is 5.95 Å². The lowest BCUT2D eigenvalue weighted by atomic mass is 10.0. The lowest BCUT2D eigenvalue weighted by Gasteiger charge is -2.25. The molecule has 1 aromatic heterocycles. The van der Waals surface area contributed by atoms with E-state index in [0.29, 0.717) is 12.0 Å². The predicted octanol–water partition coefficient (Wildman–Crippen LogP) is 0.594. The standard InChI is InChI=1S/C10H18N4/c1-8-9(7-11)3-5-14(8)10-12-4-6-13(10)2/h4,6,8-9H,3,5,7,11H2,1-2H3. The van der Waals surface area contributed by atoms with Gasteiger partial charge in [0.2, 0.25) is 5.95 Å². The normalized spacial score (nSPS) is 27.2. The minimum Gasteiger partial charge on any atom is -0.339 e. The van der Waals surface area contributed by atoms with Gasteiger partial charge in [0.05, 0.1) is 0 Å². The van der Waals surface area contributed by atoms with Crippen molar-refractivity contribution in [2.75, 3.05) is 18.0 Å². The van der Waals surface area contributed by atoms with Crippen LogP contribution in [0.15, 0.2) is 12.4 Å². The second-order valence-electron chi connectivity index (χ2n) is 4.06. The number of anilines is 1. The maximum Gasteiger partial charge on any atom is 0.205 e. The van der Waals surface area contributed by atoms with Crippen LogP contribution in [0.3, 0.4) is 0 Å². The van der Waals surface area contributed by atoms with Crippen molar-refractivity contribution < 1.29 is 0 Å². The molecule has 4 heteroatoms. The Bertz CT molecular complexity index is 307. The van der Waals surface area contributed by atoms with Crippen LogP contribution >= 0.6 is 0 Å². The third-order valence-corrected chi connectivity index (χ3v) is 3.27. The highest BCUT2D eigenvalue weighted by Gasteiger charge is 2.31. The zero-order valence-corrected chi connectivity index (χ0v) is 8.85. The van der Waals surface area contributed by atoms with Crippen molar-refractivity contribution in [3.8, 4) is 0 Å². The molecule has 0 saturated carbocycles. The van der Waals surface area contributed by atoms with Gasteiger partial charge in [0.1, 0.15) is 0 Å². The largest absolute Gasteiger partial charge is 0.339 e. The van der Waals surface area contributed by atoms with E-state index in [-0.39, 0.29) is 0 Å². The number of aromatic nitrogens is 2. The van der Waals surface area contributed by atoms with Crippen LogP contribution < -0.4 is 10.6 Å². The van der Waals surface area contributed by atoms with Crippen molar-refractivity contribution in [2.45, 2.75) is 19.4 Å². The van der Waals surface area contributed by atoms with Gasteiger partial charge in [-0.3, -0.25) is 0 Å². The molecule has 0 spiro atoms. The summed E-state index contributed by atoms with van der Waals surface area (Å²) in [4.78, 5) is 6.71. The summed E-state index contributed by atoms with van der Waals surface area (Å²) in [5.74, 6) is 1.68. The predicted molar refractivity (Wildman–Crippen MR) is 57.2 cm³/mol. The van der Waals surface area contributed by atoms with Gasteiger partial charge in [-0.15, -0.1) is 0 Å². The molecular formula is C10H18N4. The van der Waals surface area contributed by atoms with Crippen molar-refractivity contribution in [3.63, 3.8) is 0 Å². The molecule has 0 amide bonds. The fourth-order valence-electron chi connectivity index (χ4n) is 2.24. The van der Waals surface area contributed by atoms with E-state index in [2.05, 4.69) is 21.4 Å². The van der Waals surface area contributed by atoms with E-state index in [4.69, 9.17) is 5.73 Å². The molecule has 1 aliphatic rings. The fraction of sp³-hybridized carbons (Fsp3) is 0.700. The molecule has 2 unspecified atom stereocenters. The average Bonchev–Trinajstić information content (AvgIpc) is 2.72. The Balaban J connectivity index is 2.18. The molecule has 1 aromatic rings. The molecule has 2 heterocycles. The summed E-state index contributed by atoms with van der Waals surface area (Å²) < 4.78 is 2.06. The molecule has 2 rings (SSSR count). The van der Waals surface area contributed by atoms with E-state index in [1.165, 1.54) is 6.42 Å². The first-order chi connectivity index (χ1) is 6.74. The molecule has 0 aliphatic carbocycles. The van der Waals surface area contributed by atoms with Crippen LogP contribution in [-0.4, -0.2) is 28.7 Å². The Hall–Kier alpha value is -1.03. The molecule has 1 fully saturated rings. The second-order valence-corrected chi connectivity index (χ2v) is 4.06. The maximum atomic E-state index is 5.72. The Morgan fingerprint density at radius 3 is 2.93 bits per heavy atom. The summed E-state index contributed by atoms with van der Waals surface area (Å²) in [6.45, 7) is 4.09. The van der Waals surface area contributed by atoms with Crippen molar-refractivity contribution in [3.05, 3.63) is 12.4 Å². The zero-order valence-electron chi connectivity index (χ0n) is 8.85. The number of hydrogen-bond acceptors (Lipinski definition) is 3. The lowest BCUT2D eigenvalue weighted by molar-refractivity contribution is 0.504. The van der Waals surface area contributed by atoms with Crippen molar-refractivity contribution in [1.82, 2.24) is 9.55 Å². The summed E-state index contributed by atoms with van der Waals surface area (Å²) in [5, 5.41) is 0. The summed E-state index contributed by atoms with van der Waals surface area (Å²) in [7, 11) is 2.03.